The van der Waals surface area contributed by atoms with E-state index in [0.29, 0.717) is 0 Å². The second-order valence-electron chi connectivity index (χ2n) is 4.69. The van der Waals surface area contributed by atoms with E-state index < -0.39 is 0 Å². The van der Waals surface area contributed by atoms with Crippen LogP contribution in [-0.4, -0.2) is 5.78 Å². The van der Waals surface area contributed by atoms with E-state index in [1.54, 1.807) is 0 Å². The summed E-state index contributed by atoms with van der Waals surface area (Å²) in [6, 6.07) is 15.5. The first-order chi connectivity index (χ1) is 10.4. The number of carbonyl (C=O) groups is 1. The molecule has 0 bridgehead atoms. The van der Waals surface area contributed by atoms with Crippen molar-refractivity contribution in [2.24, 2.45) is 0 Å². The third-order valence-electron chi connectivity index (χ3n) is 3.35. The molecule has 0 unspecified atom stereocenters. The van der Waals surface area contributed by atoms with Crippen LogP contribution in [0.3, 0.4) is 0 Å². The number of fused-ring (bicyclic) bond motifs is 3. The molecule has 2 nitrogen and oxygen atoms in total. The zero-order valence-corrected chi connectivity index (χ0v) is 11.5. The van der Waals surface area contributed by atoms with Gasteiger partial charge < -0.3 is 5.32 Å². The van der Waals surface area contributed by atoms with Gasteiger partial charge in [-0.05, 0) is 23.3 Å². The van der Waals surface area contributed by atoms with E-state index in [9.17, 15) is 4.79 Å². The van der Waals surface area contributed by atoms with Crippen molar-refractivity contribution in [1.29, 1.82) is 0 Å². The number of rotatable bonds is 0. The average Bonchev–Trinajstić information content (AvgIpc) is 2.76. The van der Waals surface area contributed by atoms with E-state index in [1.807, 2.05) is 85.2 Å². The average molecular weight is 273 g/mol. The lowest BCUT2D eigenvalue weighted by Gasteiger charge is -1.96. The number of allylic oxidation sites excluding steroid dienone is 4. The first-order valence-corrected chi connectivity index (χ1v) is 6.85. The summed E-state index contributed by atoms with van der Waals surface area (Å²) in [6.45, 7) is 0. The number of hydrogen-bond acceptors (Lipinski definition) is 2. The van der Waals surface area contributed by atoms with Gasteiger partial charge >= 0.3 is 0 Å². The van der Waals surface area contributed by atoms with E-state index in [-0.39, 0.29) is 5.78 Å². The van der Waals surface area contributed by atoms with Crippen molar-refractivity contribution in [3.63, 3.8) is 0 Å². The molecule has 0 spiro atoms. The molecule has 21 heavy (non-hydrogen) atoms. The molecule has 1 heterocycles. The fourth-order valence-electron chi connectivity index (χ4n) is 2.38. The molecule has 1 aliphatic heterocycles. The quantitative estimate of drug-likeness (QED) is 0.669. The van der Waals surface area contributed by atoms with E-state index in [1.165, 1.54) is 0 Å². The van der Waals surface area contributed by atoms with Gasteiger partial charge in [-0.3, -0.25) is 4.79 Å². The van der Waals surface area contributed by atoms with Crippen molar-refractivity contribution in [3.05, 3.63) is 96.4 Å². The Labute approximate surface area is 124 Å². The van der Waals surface area contributed by atoms with E-state index in [0.717, 1.165) is 22.3 Å². The minimum atomic E-state index is 0.149. The van der Waals surface area contributed by atoms with Crippen molar-refractivity contribution < 1.29 is 4.79 Å². The van der Waals surface area contributed by atoms with Crippen LogP contribution >= 0.6 is 0 Å². The Balaban J connectivity index is 0.000000160. The van der Waals surface area contributed by atoms with Crippen LogP contribution in [0.1, 0.15) is 15.9 Å². The molecule has 1 N–H and O–H groups in total. The highest BCUT2D eigenvalue weighted by Crippen LogP contribution is 2.35. The van der Waals surface area contributed by atoms with Crippen LogP contribution in [0.15, 0.2) is 85.2 Å². The van der Waals surface area contributed by atoms with Gasteiger partial charge in [0.25, 0.3) is 0 Å². The number of nitrogens with one attached hydrogen (secondary N) is 1. The molecule has 0 amide bonds. The van der Waals surface area contributed by atoms with Gasteiger partial charge in [-0.2, -0.15) is 0 Å². The van der Waals surface area contributed by atoms with Crippen LogP contribution in [0.25, 0.3) is 11.1 Å². The number of carbonyl (C=O) groups excluding carboxylic acids is 1. The normalized spacial score (nSPS) is 13.6. The highest BCUT2D eigenvalue weighted by atomic mass is 16.1. The topological polar surface area (TPSA) is 29.1 Å². The highest BCUT2D eigenvalue weighted by molar-refractivity contribution is 6.21. The lowest BCUT2D eigenvalue weighted by molar-refractivity contribution is 0.104. The summed E-state index contributed by atoms with van der Waals surface area (Å²) in [5, 5.41) is 2.92. The maximum atomic E-state index is 11.9. The molecule has 2 aliphatic rings. The van der Waals surface area contributed by atoms with Crippen LogP contribution in [0.2, 0.25) is 0 Å². The van der Waals surface area contributed by atoms with E-state index in [4.69, 9.17) is 0 Å². The molecule has 102 valence electrons. The zero-order chi connectivity index (χ0) is 14.5. The van der Waals surface area contributed by atoms with Crippen molar-refractivity contribution in [2.45, 2.75) is 0 Å². The molecule has 0 saturated carbocycles. The summed E-state index contributed by atoms with van der Waals surface area (Å²) >= 11 is 0. The summed E-state index contributed by atoms with van der Waals surface area (Å²) in [6.07, 6.45) is 11.6. The van der Waals surface area contributed by atoms with Gasteiger partial charge in [-0.25, -0.2) is 0 Å². The third-order valence-corrected chi connectivity index (χ3v) is 3.35. The summed E-state index contributed by atoms with van der Waals surface area (Å²) < 4.78 is 0. The van der Waals surface area contributed by atoms with Crippen LogP contribution in [0.4, 0.5) is 0 Å². The largest absolute Gasteiger partial charge is 0.368 e. The zero-order valence-electron chi connectivity index (χ0n) is 11.5. The van der Waals surface area contributed by atoms with Crippen molar-refractivity contribution >= 4 is 5.78 Å². The van der Waals surface area contributed by atoms with E-state index >= 15 is 0 Å². The van der Waals surface area contributed by atoms with Gasteiger partial charge in [-0.15, -0.1) is 0 Å². The first-order valence-electron chi connectivity index (χ1n) is 6.85. The lowest BCUT2D eigenvalue weighted by atomic mass is 10.1. The standard InChI is InChI=1S/C13H8O.C6H7N/c14-13-11-7-3-1-5-9(11)10-6-2-4-8-12(10)13;1-2-4-6-7-5-3-1/h1-8H;1-7H. The van der Waals surface area contributed by atoms with Crippen LogP contribution in [0, 0.1) is 0 Å². The van der Waals surface area contributed by atoms with Crippen LogP contribution in [0.5, 0.6) is 0 Å². The molecule has 1 aliphatic carbocycles. The van der Waals surface area contributed by atoms with Gasteiger partial charge in [0, 0.05) is 23.5 Å². The number of benzene rings is 2. The Hall–Kier alpha value is -2.87. The van der Waals surface area contributed by atoms with Crippen molar-refractivity contribution in [3.8, 4) is 11.1 Å². The molecular formula is C19H15NO. The smallest absolute Gasteiger partial charge is 0.194 e. The SMILES string of the molecule is C1=CC=CNC=C1.O=C1c2ccccc2-c2ccccc21. The monoisotopic (exact) mass is 273 g/mol. The molecular weight excluding hydrogens is 258 g/mol. The fraction of sp³-hybridized carbons (Fsp3) is 0. The second-order valence-corrected chi connectivity index (χ2v) is 4.69. The Morgan fingerprint density at radius 3 is 1.48 bits per heavy atom. The molecule has 2 heteroatoms. The van der Waals surface area contributed by atoms with E-state index in [2.05, 4.69) is 5.32 Å². The van der Waals surface area contributed by atoms with Gasteiger partial charge in [0.05, 0.1) is 0 Å². The maximum Gasteiger partial charge on any atom is 0.194 e. The molecule has 0 aromatic heterocycles. The predicted molar refractivity (Wildman–Crippen MR) is 85.9 cm³/mol. The molecule has 0 fully saturated rings. The number of ketones is 1. The van der Waals surface area contributed by atoms with Crippen molar-refractivity contribution in [1.82, 2.24) is 5.32 Å². The van der Waals surface area contributed by atoms with Crippen LogP contribution < -0.4 is 5.32 Å². The third kappa shape index (κ3) is 2.70. The minimum Gasteiger partial charge on any atom is -0.368 e. The summed E-state index contributed by atoms with van der Waals surface area (Å²) in [5.74, 6) is 0.149. The summed E-state index contributed by atoms with van der Waals surface area (Å²) in [5.41, 5.74) is 3.78. The lowest BCUT2D eigenvalue weighted by Crippen LogP contribution is -1.93. The Morgan fingerprint density at radius 1 is 0.571 bits per heavy atom. The van der Waals surface area contributed by atoms with Gasteiger partial charge in [0.15, 0.2) is 5.78 Å². The van der Waals surface area contributed by atoms with Crippen LogP contribution in [-0.2, 0) is 0 Å². The highest BCUT2D eigenvalue weighted by Gasteiger charge is 2.24. The van der Waals surface area contributed by atoms with Gasteiger partial charge in [-0.1, -0.05) is 60.7 Å². The second kappa shape index (κ2) is 6.06. The maximum absolute atomic E-state index is 11.9. The number of hydrogen-bond donors (Lipinski definition) is 1. The molecule has 0 radical (unpaired) electrons. The van der Waals surface area contributed by atoms with Crippen molar-refractivity contribution in [2.75, 3.05) is 0 Å². The Kier molecular flexibility index (Phi) is 3.79. The Morgan fingerprint density at radius 2 is 1.00 bits per heavy atom. The Bertz CT molecular complexity index is 692. The molecule has 2 aromatic rings. The first kappa shape index (κ1) is 13.1. The predicted octanol–water partition coefficient (Wildman–Crippen LogP) is 4.07. The summed E-state index contributed by atoms with van der Waals surface area (Å²) in [4.78, 5) is 11.9. The molecule has 4 rings (SSSR count). The fourth-order valence-corrected chi connectivity index (χ4v) is 2.38. The minimum absolute atomic E-state index is 0.149. The molecule has 0 atom stereocenters. The van der Waals surface area contributed by atoms with Gasteiger partial charge in [0.1, 0.15) is 0 Å². The molecule has 2 aromatic carbocycles. The molecule has 0 saturated heterocycles. The van der Waals surface area contributed by atoms with Gasteiger partial charge in [0.2, 0.25) is 0 Å². The summed E-state index contributed by atoms with van der Waals surface area (Å²) in [7, 11) is 0.